The number of benzene rings is 2. The van der Waals surface area contributed by atoms with E-state index in [4.69, 9.17) is 4.74 Å². The van der Waals surface area contributed by atoms with E-state index in [-0.39, 0.29) is 0 Å². The van der Waals surface area contributed by atoms with Gasteiger partial charge in [0.05, 0.1) is 6.61 Å². The normalized spacial score (nSPS) is 12.1. The van der Waals surface area contributed by atoms with Crippen LogP contribution in [0, 0.1) is 12.8 Å². The van der Waals surface area contributed by atoms with Gasteiger partial charge in [0.2, 0.25) is 0 Å². The van der Waals surface area contributed by atoms with Gasteiger partial charge in [-0.2, -0.15) is 0 Å². The zero-order valence-electron chi connectivity index (χ0n) is 12.2. The Hall–Kier alpha value is -0.800. The van der Waals surface area contributed by atoms with Gasteiger partial charge in [0.15, 0.2) is 0 Å². The van der Waals surface area contributed by atoms with Crippen molar-refractivity contribution in [2.45, 2.75) is 19.8 Å². The Morgan fingerprint density at radius 2 is 1.90 bits per heavy atom. The van der Waals surface area contributed by atoms with E-state index in [9.17, 15) is 0 Å². The smallest absolute Gasteiger partial charge is 0.120 e. The predicted octanol–water partition coefficient (Wildman–Crippen LogP) is 5.78. The van der Waals surface area contributed by atoms with Crippen LogP contribution in [0.1, 0.15) is 17.5 Å². The van der Waals surface area contributed by atoms with Crippen LogP contribution in [0.5, 0.6) is 5.75 Å². The summed E-state index contributed by atoms with van der Waals surface area (Å²) in [5.41, 5.74) is 2.73. The SMILES string of the molecule is Cc1cccc(CC(CBr)CCOc2cccc(Br)c2)c1. The molecule has 2 rings (SSSR count). The van der Waals surface area contributed by atoms with Crippen molar-refractivity contribution in [2.24, 2.45) is 5.92 Å². The molecule has 1 atom stereocenters. The minimum absolute atomic E-state index is 0.596. The molecule has 112 valence electrons. The molecule has 0 aliphatic heterocycles. The summed E-state index contributed by atoms with van der Waals surface area (Å²) in [6.45, 7) is 2.89. The van der Waals surface area contributed by atoms with E-state index in [2.05, 4.69) is 63.0 Å². The highest BCUT2D eigenvalue weighted by Gasteiger charge is 2.09. The zero-order chi connectivity index (χ0) is 15.1. The molecule has 2 aromatic rings. The third-order valence-corrected chi connectivity index (χ3v) is 4.82. The van der Waals surface area contributed by atoms with E-state index < -0.39 is 0 Å². The van der Waals surface area contributed by atoms with Crippen LogP contribution < -0.4 is 4.74 Å². The molecule has 0 N–H and O–H groups in total. The van der Waals surface area contributed by atoms with Gasteiger partial charge in [-0.15, -0.1) is 0 Å². The molecule has 0 bridgehead atoms. The number of hydrogen-bond acceptors (Lipinski definition) is 1. The van der Waals surface area contributed by atoms with Crippen LogP contribution in [-0.4, -0.2) is 11.9 Å². The molecule has 0 saturated carbocycles. The van der Waals surface area contributed by atoms with E-state index in [1.165, 1.54) is 11.1 Å². The van der Waals surface area contributed by atoms with Gasteiger partial charge in [0, 0.05) is 9.80 Å². The number of rotatable bonds is 7. The summed E-state index contributed by atoms with van der Waals surface area (Å²) >= 11 is 7.09. The van der Waals surface area contributed by atoms with Gasteiger partial charge in [0.25, 0.3) is 0 Å². The van der Waals surface area contributed by atoms with Crippen molar-refractivity contribution >= 4 is 31.9 Å². The molecule has 3 heteroatoms. The number of aryl methyl sites for hydroxylation is 1. The molecule has 0 radical (unpaired) electrons. The average Bonchev–Trinajstić information content (AvgIpc) is 2.46. The zero-order valence-corrected chi connectivity index (χ0v) is 15.4. The highest BCUT2D eigenvalue weighted by Crippen LogP contribution is 2.20. The molecule has 0 aliphatic rings. The van der Waals surface area contributed by atoms with Crippen molar-refractivity contribution in [2.75, 3.05) is 11.9 Å². The molecule has 1 unspecified atom stereocenters. The predicted molar refractivity (Wildman–Crippen MR) is 96.4 cm³/mol. The monoisotopic (exact) mass is 410 g/mol. The summed E-state index contributed by atoms with van der Waals surface area (Å²) in [5, 5.41) is 1.00. The molecule has 0 spiro atoms. The standard InChI is InChI=1S/C18H20Br2O/c1-14-4-2-5-15(10-14)11-16(13-19)8-9-21-18-7-3-6-17(20)12-18/h2-7,10,12,16H,8-9,11,13H2,1H3. The molecule has 0 fully saturated rings. The number of alkyl halides is 1. The van der Waals surface area contributed by atoms with Crippen LogP contribution in [0.3, 0.4) is 0 Å². The molecule has 0 saturated heterocycles. The maximum atomic E-state index is 5.83. The molecular weight excluding hydrogens is 392 g/mol. The van der Waals surface area contributed by atoms with Crippen molar-refractivity contribution in [3.8, 4) is 5.75 Å². The fourth-order valence-corrected chi connectivity index (χ4v) is 3.24. The minimum atomic E-state index is 0.596. The van der Waals surface area contributed by atoms with Gasteiger partial charge in [0.1, 0.15) is 5.75 Å². The van der Waals surface area contributed by atoms with Crippen molar-refractivity contribution in [1.82, 2.24) is 0 Å². The molecule has 0 aromatic heterocycles. The Morgan fingerprint density at radius 3 is 2.62 bits per heavy atom. The third kappa shape index (κ3) is 5.84. The van der Waals surface area contributed by atoms with E-state index >= 15 is 0 Å². The second-order valence-electron chi connectivity index (χ2n) is 5.31. The lowest BCUT2D eigenvalue weighted by molar-refractivity contribution is 0.285. The van der Waals surface area contributed by atoms with Crippen LogP contribution in [-0.2, 0) is 6.42 Å². The second kappa shape index (κ2) is 8.60. The molecule has 21 heavy (non-hydrogen) atoms. The quantitative estimate of drug-likeness (QED) is 0.524. The van der Waals surface area contributed by atoms with Crippen LogP contribution in [0.4, 0.5) is 0 Å². The Bertz CT molecular complexity index is 569. The lowest BCUT2D eigenvalue weighted by atomic mass is 9.97. The Balaban J connectivity index is 1.82. The van der Waals surface area contributed by atoms with Crippen molar-refractivity contribution in [1.29, 1.82) is 0 Å². The first kappa shape index (κ1) is 16.6. The van der Waals surface area contributed by atoms with Crippen LogP contribution in [0.2, 0.25) is 0 Å². The van der Waals surface area contributed by atoms with Gasteiger partial charge >= 0.3 is 0 Å². The summed E-state index contributed by atoms with van der Waals surface area (Å²) in [7, 11) is 0. The summed E-state index contributed by atoms with van der Waals surface area (Å²) in [6, 6.07) is 16.7. The lowest BCUT2D eigenvalue weighted by Gasteiger charge is -2.15. The largest absolute Gasteiger partial charge is 0.494 e. The lowest BCUT2D eigenvalue weighted by Crippen LogP contribution is -2.11. The maximum absolute atomic E-state index is 5.83. The van der Waals surface area contributed by atoms with Crippen LogP contribution >= 0.6 is 31.9 Å². The van der Waals surface area contributed by atoms with Crippen molar-refractivity contribution in [3.05, 3.63) is 64.1 Å². The fraction of sp³-hybridized carbons (Fsp3) is 0.333. The van der Waals surface area contributed by atoms with E-state index in [1.807, 2.05) is 24.3 Å². The Kier molecular flexibility index (Phi) is 6.78. The molecule has 1 nitrogen and oxygen atoms in total. The van der Waals surface area contributed by atoms with E-state index in [0.29, 0.717) is 5.92 Å². The number of hydrogen-bond donors (Lipinski definition) is 0. The summed E-state index contributed by atoms with van der Waals surface area (Å²) in [5.74, 6) is 1.52. The number of ether oxygens (including phenoxy) is 1. The summed E-state index contributed by atoms with van der Waals surface area (Å²) < 4.78 is 6.88. The van der Waals surface area contributed by atoms with E-state index in [1.54, 1.807) is 0 Å². The van der Waals surface area contributed by atoms with Gasteiger partial charge in [-0.05, 0) is 49.4 Å². The van der Waals surface area contributed by atoms with Crippen molar-refractivity contribution < 1.29 is 4.74 Å². The first-order valence-corrected chi connectivity index (χ1v) is 9.08. The third-order valence-electron chi connectivity index (χ3n) is 3.42. The topological polar surface area (TPSA) is 9.23 Å². The van der Waals surface area contributed by atoms with Gasteiger partial charge < -0.3 is 4.74 Å². The van der Waals surface area contributed by atoms with Gasteiger partial charge in [-0.3, -0.25) is 0 Å². The molecule has 0 heterocycles. The summed E-state index contributed by atoms with van der Waals surface area (Å²) in [6.07, 6.45) is 2.14. The Labute approximate surface area is 144 Å². The second-order valence-corrected chi connectivity index (χ2v) is 6.87. The molecule has 2 aromatic carbocycles. The first-order valence-electron chi connectivity index (χ1n) is 7.17. The van der Waals surface area contributed by atoms with E-state index in [0.717, 1.165) is 35.0 Å². The van der Waals surface area contributed by atoms with Gasteiger partial charge in [-0.1, -0.05) is 67.8 Å². The minimum Gasteiger partial charge on any atom is -0.494 e. The van der Waals surface area contributed by atoms with Crippen LogP contribution in [0.15, 0.2) is 53.0 Å². The Morgan fingerprint density at radius 1 is 1.10 bits per heavy atom. The van der Waals surface area contributed by atoms with Gasteiger partial charge in [-0.25, -0.2) is 0 Å². The van der Waals surface area contributed by atoms with Crippen molar-refractivity contribution in [3.63, 3.8) is 0 Å². The molecular formula is C18H20Br2O. The molecule has 0 amide bonds. The maximum Gasteiger partial charge on any atom is 0.120 e. The highest BCUT2D eigenvalue weighted by molar-refractivity contribution is 9.10. The fourth-order valence-electron chi connectivity index (χ4n) is 2.31. The summed E-state index contributed by atoms with van der Waals surface area (Å²) in [4.78, 5) is 0. The highest BCUT2D eigenvalue weighted by atomic mass is 79.9. The van der Waals surface area contributed by atoms with Crippen LogP contribution in [0.25, 0.3) is 0 Å². The molecule has 0 aliphatic carbocycles. The first-order chi connectivity index (χ1) is 10.2. The number of halogens is 2. The average molecular weight is 412 g/mol.